The number of carbonyl (C=O) groups excluding carboxylic acids is 2. The Morgan fingerprint density at radius 3 is 2.32 bits per heavy atom. The minimum absolute atomic E-state index is 0.164. The molecule has 2 aromatic carbocycles. The maximum absolute atomic E-state index is 13.4. The van der Waals surface area contributed by atoms with Crippen molar-refractivity contribution >= 4 is 11.9 Å². The van der Waals surface area contributed by atoms with E-state index in [0.29, 0.717) is 33.9 Å². The number of hydrogen-bond donors (Lipinski definition) is 0. The van der Waals surface area contributed by atoms with Gasteiger partial charge in [0.05, 0.1) is 34.5 Å². The Balaban J connectivity index is 2.12. The molecule has 2 aromatic rings. The number of fused-ring (bicyclic) bond motifs is 1. The van der Waals surface area contributed by atoms with Gasteiger partial charge in [-0.2, -0.15) is 0 Å². The van der Waals surface area contributed by atoms with Crippen LogP contribution in [0, 0.1) is 0 Å². The number of ether oxygens (including phenoxy) is 4. The molecule has 0 saturated carbocycles. The second kappa shape index (κ2) is 8.21. The molecule has 1 heterocycles. The first-order valence-electron chi connectivity index (χ1n) is 8.91. The van der Waals surface area contributed by atoms with Gasteiger partial charge in [-0.05, 0) is 36.8 Å². The summed E-state index contributed by atoms with van der Waals surface area (Å²) in [5.41, 5.74) is 1.78. The molecule has 0 saturated heterocycles. The zero-order chi connectivity index (χ0) is 20.3. The predicted octanol–water partition coefficient (Wildman–Crippen LogP) is 3.61. The molecule has 1 amide bonds. The van der Waals surface area contributed by atoms with Crippen LogP contribution in [-0.2, 0) is 11.3 Å². The molecule has 1 aliphatic rings. The van der Waals surface area contributed by atoms with Crippen LogP contribution in [0.5, 0.6) is 17.2 Å². The lowest BCUT2D eigenvalue weighted by Crippen LogP contribution is -2.43. The summed E-state index contributed by atoms with van der Waals surface area (Å²) in [4.78, 5) is 27.5. The average Bonchev–Trinajstić information content (AvgIpc) is 2.73. The van der Waals surface area contributed by atoms with Gasteiger partial charge in [0.15, 0.2) is 17.3 Å². The number of hydrogen-bond acceptors (Lipinski definition) is 6. The molecule has 1 unspecified atom stereocenters. The van der Waals surface area contributed by atoms with E-state index < -0.39 is 12.1 Å². The Morgan fingerprint density at radius 2 is 1.75 bits per heavy atom. The fraction of sp³-hybridized carbons (Fsp3) is 0.333. The minimum Gasteiger partial charge on any atom is -0.497 e. The van der Waals surface area contributed by atoms with Gasteiger partial charge >= 0.3 is 6.09 Å². The Morgan fingerprint density at radius 1 is 1.04 bits per heavy atom. The molecule has 0 spiro atoms. The third-order valence-corrected chi connectivity index (χ3v) is 4.74. The Hall–Kier alpha value is -3.22. The molecule has 7 heteroatoms. The normalized spacial score (nSPS) is 15.6. The zero-order valence-corrected chi connectivity index (χ0v) is 16.4. The summed E-state index contributed by atoms with van der Waals surface area (Å²) in [6.45, 7) is 2.10. The first-order valence-corrected chi connectivity index (χ1v) is 8.91. The van der Waals surface area contributed by atoms with Crippen LogP contribution in [0.15, 0.2) is 36.4 Å². The molecule has 0 aliphatic carbocycles. The molecule has 28 heavy (non-hydrogen) atoms. The standard InChI is InChI=1S/C21H23NO6/c1-5-28-21(24)22-12-16-15(10-11-17(26-3)20(16)27-4)19(23)18(22)13-6-8-14(25-2)9-7-13/h6-11,18H,5,12H2,1-4H3. The quantitative estimate of drug-likeness (QED) is 0.783. The molecule has 1 aliphatic heterocycles. The number of rotatable bonds is 5. The van der Waals surface area contributed by atoms with Gasteiger partial charge in [-0.15, -0.1) is 0 Å². The van der Waals surface area contributed by atoms with Gasteiger partial charge in [-0.3, -0.25) is 9.69 Å². The van der Waals surface area contributed by atoms with Crippen LogP contribution in [0.1, 0.15) is 34.5 Å². The van der Waals surface area contributed by atoms with E-state index in [0.717, 1.165) is 0 Å². The summed E-state index contributed by atoms with van der Waals surface area (Å²) in [6, 6.07) is 9.68. The molecule has 0 aromatic heterocycles. The highest BCUT2D eigenvalue weighted by molar-refractivity contribution is 6.05. The highest BCUT2D eigenvalue weighted by atomic mass is 16.6. The molecule has 0 radical (unpaired) electrons. The van der Waals surface area contributed by atoms with Crippen molar-refractivity contribution in [3.8, 4) is 17.2 Å². The van der Waals surface area contributed by atoms with E-state index in [4.69, 9.17) is 18.9 Å². The number of benzene rings is 2. The lowest BCUT2D eigenvalue weighted by molar-refractivity contribution is 0.0630. The maximum Gasteiger partial charge on any atom is 0.410 e. The van der Waals surface area contributed by atoms with Crippen molar-refractivity contribution in [2.45, 2.75) is 19.5 Å². The van der Waals surface area contributed by atoms with Gasteiger partial charge in [0, 0.05) is 11.1 Å². The van der Waals surface area contributed by atoms with Crippen molar-refractivity contribution in [3.05, 3.63) is 53.1 Å². The van der Waals surface area contributed by atoms with E-state index in [1.807, 2.05) is 0 Å². The van der Waals surface area contributed by atoms with Crippen molar-refractivity contribution in [1.82, 2.24) is 4.90 Å². The van der Waals surface area contributed by atoms with Crippen LogP contribution in [0.3, 0.4) is 0 Å². The first kappa shape index (κ1) is 19.5. The third-order valence-electron chi connectivity index (χ3n) is 4.74. The van der Waals surface area contributed by atoms with E-state index in [-0.39, 0.29) is 18.9 Å². The highest BCUT2D eigenvalue weighted by Crippen LogP contribution is 2.42. The lowest BCUT2D eigenvalue weighted by atomic mass is 9.88. The number of Topliss-reactive ketones (excluding diaryl/α,β-unsaturated/α-hetero) is 1. The van der Waals surface area contributed by atoms with Gasteiger partial charge in [-0.25, -0.2) is 4.79 Å². The topological polar surface area (TPSA) is 74.3 Å². The fourth-order valence-electron chi connectivity index (χ4n) is 3.42. The van der Waals surface area contributed by atoms with Gasteiger partial charge in [0.1, 0.15) is 11.8 Å². The minimum atomic E-state index is -0.796. The summed E-state index contributed by atoms with van der Waals surface area (Å²) in [5.74, 6) is 1.40. The van der Waals surface area contributed by atoms with Crippen LogP contribution < -0.4 is 14.2 Å². The summed E-state index contributed by atoms with van der Waals surface area (Å²) < 4.78 is 21.2. The summed E-state index contributed by atoms with van der Waals surface area (Å²) in [6.07, 6.45) is -0.563. The number of amides is 1. The molecule has 7 nitrogen and oxygen atoms in total. The summed E-state index contributed by atoms with van der Waals surface area (Å²) in [5, 5.41) is 0. The van der Waals surface area contributed by atoms with Crippen molar-refractivity contribution in [2.75, 3.05) is 27.9 Å². The number of carbonyl (C=O) groups is 2. The fourth-order valence-corrected chi connectivity index (χ4v) is 3.42. The van der Waals surface area contributed by atoms with Crippen LogP contribution >= 0.6 is 0 Å². The van der Waals surface area contributed by atoms with Crippen LogP contribution in [0.25, 0.3) is 0 Å². The molecule has 0 fully saturated rings. The van der Waals surface area contributed by atoms with Crippen LogP contribution in [0.2, 0.25) is 0 Å². The highest BCUT2D eigenvalue weighted by Gasteiger charge is 2.40. The number of methoxy groups -OCH3 is 3. The third kappa shape index (κ3) is 3.35. The van der Waals surface area contributed by atoms with E-state index in [2.05, 4.69) is 0 Å². The lowest BCUT2D eigenvalue weighted by Gasteiger charge is -2.36. The monoisotopic (exact) mass is 385 g/mol. The SMILES string of the molecule is CCOC(=O)N1Cc2c(ccc(OC)c2OC)C(=O)C1c1ccc(OC)cc1. The zero-order valence-electron chi connectivity index (χ0n) is 16.4. The molecular weight excluding hydrogens is 362 g/mol. The molecule has 0 bridgehead atoms. The van der Waals surface area contributed by atoms with Crippen LogP contribution in [0.4, 0.5) is 4.79 Å². The summed E-state index contributed by atoms with van der Waals surface area (Å²) >= 11 is 0. The molecular formula is C21H23NO6. The van der Waals surface area contributed by atoms with E-state index in [1.54, 1.807) is 50.4 Å². The van der Waals surface area contributed by atoms with E-state index >= 15 is 0 Å². The Labute approximate surface area is 163 Å². The van der Waals surface area contributed by atoms with Crippen molar-refractivity contribution < 1.29 is 28.5 Å². The Bertz CT molecular complexity index is 877. The molecule has 3 rings (SSSR count). The second-order valence-corrected chi connectivity index (χ2v) is 6.19. The Kier molecular flexibility index (Phi) is 5.73. The van der Waals surface area contributed by atoms with E-state index in [1.165, 1.54) is 19.1 Å². The predicted molar refractivity (Wildman–Crippen MR) is 102 cm³/mol. The smallest absolute Gasteiger partial charge is 0.410 e. The van der Waals surface area contributed by atoms with Gasteiger partial charge < -0.3 is 18.9 Å². The number of ketones is 1. The van der Waals surface area contributed by atoms with Gasteiger partial charge in [0.2, 0.25) is 0 Å². The van der Waals surface area contributed by atoms with Crippen molar-refractivity contribution in [2.24, 2.45) is 0 Å². The van der Waals surface area contributed by atoms with Crippen molar-refractivity contribution in [1.29, 1.82) is 0 Å². The largest absolute Gasteiger partial charge is 0.497 e. The maximum atomic E-state index is 13.4. The summed E-state index contributed by atoms with van der Waals surface area (Å²) in [7, 11) is 4.60. The molecule has 0 N–H and O–H groups in total. The molecule has 148 valence electrons. The second-order valence-electron chi connectivity index (χ2n) is 6.19. The van der Waals surface area contributed by atoms with Gasteiger partial charge in [0.25, 0.3) is 0 Å². The first-order chi connectivity index (χ1) is 13.5. The molecule has 1 atom stereocenters. The van der Waals surface area contributed by atoms with Crippen LogP contribution in [-0.4, -0.2) is 44.7 Å². The number of nitrogens with zero attached hydrogens (tertiary/aromatic N) is 1. The van der Waals surface area contributed by atoms with Gasteiger partial charge in [-0.1, -0.05) is 12.1 Å². The average molecular weight is 385 g/mol. The van der Waals surface area contributed by atoms with E-state index in [9.17, 15) is 9.59 Å². The van der Waals surface area contributed by atoms with Crippen molar-refractivity contribution in [3.63, 3.8) is 0 Å².